The Kier molecular flexibility index (Phi) is 4.56. The zero-order chi connectivity index (χ0) is 17.3. The standard InChI is InChI=1S/C18H21F2NO3/c19-14-4-3-12(9-15(14)20)11-21(8-5-16(22)23)17(24)13-10-18(13)6-1-2-7-18/h3-4,9,13H,1-2,5-8,10-11H2,(H,22,23). The molecule has 1 N–H and O–H groups in total. The van der Waals surface area contributed by atoms with Gasteiger partial charge < -0.3 is 10.0 Å². The summed E-state index contributed by atoms with van der Waals surface area (Å²) in [6.45, 7) is 0.190. The van der Waals surface area contributed by atoms with E-state index in [-0.39, 0.29) is 36.8 Å². The number of carbonyl (C=O) groups excluding carboxylic acids is 1. The largest absolute Gasteiger partial charge is 0.481 e. The van der Waals surface area contributed by atoms with Gasteiger partial charge in [-0.25, -0.2) is 8.78 Å². The highest BCUT2D eigenvalue weighted by molar-refractivity contribution is 5.83. The van der Waals surface area contributed by atoms with Gasteiger partial charge in [0, 0.05) is 19.0 Å². The number of hydrogen-bond donors (Lipinski definition) is 1. The van der Waals surface area contributed by atoms with Crippen LogP contribution in [0.5, 0.6) is 0 Å². The lowest BCUT2D eigenvalue weighted by Crippen LogP contribution is -2.35. The summed E-state index contributed by atoms with van der Waals surface area (Å²) in [5, 5.41) is 8.90. The molecule has 0 radical (unpaired) electrons. The number of rotatable bonds is 6. The lowest BCUT2D eigenvalue weighted by molar-refractivity contribution is -0.139. The van der Waals surface area contributed by atoms with Crippen LogP contribution in [0.15, 0.2) is 18.2 Å². The second-order valence-electron chi connectivity index (χ2n) is 6.98. The van der Waals surface area contributed by atoms with Crippen LogP contribution in [-0.2, 0) is 16.1 Å². The SMILES string of the molecule is O=C(O)CCN(Cc1ccc(F)c(F)c1)C(=O)C1CC12CCCC2. The third kappa shape index (κ3) is 3.42. The number of aliphatic carboxylic acids is 1. The first-order valence-corrected chi connectivity index (χ1v) is 8.36. The number of halogens is 2. The van der Waals surface area contributed by atoms with Crippen molar-refractivity contribution >= 4 is 11.9 Å². The van der Waals surface area contributed by atoms with Gasteiger partial charge in [-0.1, -0.05) is 18.9 Å². The van der Waals surface area contributed by atoms with Crippen LogP contribution in [0.4, 0.5) is 8.78 Å². The van der Waals surface area contributed by atoms with Gasteiger partial charge >= 0.3 is 5.97 Å². The van der Waals surface area contributed by atoms with Gasteiger partial charge in [-0.2, -0.15) is 0 Å². The van der Waals surface area contributed by atoms with E-state index in [0.717, 1.165) is 44.2 Å². The third-order valence-corrected chi connectivity index (χ3v) is 5.35. The molecule has 6 heteroatoms. The third-order valence-electron chi connectivity index (χ3n) is 5.35. The summed E-state index contributed by atoms with van der Waals surface area (Å²) in [6.07, 6.45) is 5.11. The summed E-state index contributed by atoms with van der Waals surface area (Å²) in [6, 6.07) is 3.52. The number of carboxylic acids is 1. The molecule has 0 aromatic heterocycles. The summed E-state index contributed by atoms with van der Waals surface area (Å²) in [5.41, 5.74) is 0.584. The molecule has 1 aromatic rings. The Bertz CT molecular complexity index is 656. The van der Waals surface area contributed by atoms with Gasteiger partial charge in [0.15, 0.2) is 11.6 Å². The molecule has 1 unspecified atom stereocenters. The maximum absolute atomic E-state index is 13.4. The average molecular weight is 337 g/mol. The topological polar surface area (TPSA) is 57.6 Å². The molecule has 0 saturated heterocycles. The molecule has 4 nitrogen and oxygen atoms in total. The Morgan fingerprint density at radius 1 is 1.21 bits per heavy atom. The van der Waals surface area contributed by atoms with Crippen LogP contribution in [0.1, 0.15) is 44.1 Å². The minimum Gasteiger partial charge on any atom is -0.481 e. The minimum atomic E-state index is -0.982. The van der Waals surface area contributed by atoms with Crippen molar-refractivity contribution in [3.8, 4) is 0 Å². The molecule has 3 rings (SSSR count). The summed E-state index contributed by atoms with van der Waals surface area (Å²) < 4.78 is 26.4. The molecule has 0 aliphatic heterocycles. The Morgan fingerprint density at radius 3 is 2.54 bits per heavy atom. The number of carbonyl (C=O) groups is 2. The normalized spacial score (nSPS) is 21.0. The Labute approximate surface area is 139 Å². The number of amides is 1. The Balaban J connectivity index is 1.71. The van der Waals surface area contributed by atoms with E-state index in [1.807, 2.05) is 0 Å². The molecule has 2 fully saturated rings. The Morgan fingerprint density at radius 2 is 1.92 bits per heavy atom. The van der Waals surface area contributed by atoms with Crippen molar-refractivity contribution in [3.63, 3.8) is 0 Å². The predicted octanol–water partition coefficient (Wildman–Crippen LogP) is 3.35. The molecular formula is C18H21F2NO3. The number of carboxylic acid groups (broad SMARTS) is 1. The molecule has 2 aliphatic carbocycles. The van der Waals surface area contributed by atoms with E-state index in [9.17, 15) is 18.4 Å². The fraction of sp³-hybridized carbons (Fsp3) is 0.556. The van der Waals surface area contributed by atoms with Gasteiger partial charge in [0.1, 0.15) is 0 Å². The van der Waals surface area contributed by atoms with E-state index in [1.165, 1.54) is 11.0 Å². The van der Waals surface area contributed by atoms with E-state index in [1.54, 1.807) is 0 Å². The zero-order valence-electron chi connectivity index (χ0n) is 13.4. The molecular weight excluding hydrogens is 316 g/mol. The molecule has 0 bridgehead atoms. The monoisotopic (exact) mass is 337 g/mol. The van der Waals surface area contributed by atoms with E-state index in [4.69, 9.17) is 5.11 Å². The molecule has 1 aromatic carbocycles. The van der Waals surface area contributed by atoms with Crippen molar-refractivity contribution in [2.45, 2.75) is 45.1 Å². The van der Waals surface area contributed by atoms with E-state index in [0.29, 0.717) is 5.56 Å². The van der Waals surface area contributed by atoms with Crippen LogP contribution in [0.2, 0.25) is 0 Å². The predicted molar refractivity (Wildman–Crippen MR) is 83.0 cm³/mol. The molecule has 2 saturated carbocycles. The maximum Gasteiger partial charge on any atom is 0.305 e. The smallest absolute Gasteiger partial charge is 0.305 e. The van der Waals surface area contributed by atoms with Gasteiger partial charge in [0.25, 0.3) is 0 Å². The maximum atomic E-state index is 13.4. The summed E-state index contributed by atoms with van der Waals surface area (Å²) in [5.74, 6) is -2.97. The van der Waals surface area contributed by atoms with Gasteiger partial charge in [0.05, 0.1) is 6.42 Å². The highest BCUT2D eigenvalue weighted by Crippen LogP contribution is 2.63. The van der Waals surface area contributed by atoms with Crippen molar-refractivity contribution in [2.24, 2.45) is 11.3 Å². The second kappa shape index (κ2) is 6.49. The summed E-state index contributed by atoms with van der Waals surface area (Å²) in [4.78, 5) is 25.2. The highest BCUT2D eigenvalue weighted by Gasteiger charge is 2.59. The number of benzene rings is 1. The first kappa shape index (κ1) is 16.9. The van der Waals surface area contributed by atoms with Crippen LogP contribution < -0.4 is 0 Å². The van der Waals surface area contributed by atoms with E-state index >= 15 is 0 Å². The number of hydrogen-bond acceptors (Lipinski definition) is 2. The lowest BCUT2D eigenvalue weighted by atomic mass is 10.0. The lowest BCUT2D eigenvalue weighted by Gasteiger charge is -2.23. The van der Waals surface area contributed by atoms with Crippen LogP contribution >= 0.6 is 0 Å². The quantitative estimate of drug-likeness (QED) is 0.866. The van der Waals surface area contributed by atoms with Crippen molar-refractivity contribution in [1.82, 2.24) is 4.90 Å². The van der Waals surface area contributed by atoms with Crippen molar-refractivity contribution in [2.75, 3.05) is 6.54 Å². The molecule has 1 amide bonds. The zero-order valence-corrected chi connectivity index (χ0v) is 13.4. The van der Waals surface area contributed by atoms with Gasteiger partial charge in [-0.3, -0.25) is 9.59 Å². The molecule has 1 spiro atoms. The van der Waals surface area contributed by atoms with Gasteiger partial charge in [-0.05, 0) is 42.4 Å². The molecule has 24 heavy (non-hydrogen) atoms. The highest BCUT2D eigenvalue weighted by atomic mass is 19.2. The van der Waals surface area contributed by atoms with E-state index < -0.39 is 17.6 Å². The fourth-order valence-corrected chi connectivity index (χ4v) is 3.91. The molecule has 130 valence electrons. The molecule has 2 aliphatic rings. The van der Waals surface area contributed by atoms with Crippen LogP contribution in [0.3, 0.4) is 0 Å². The van der Waals surface area contributed by atoms with Gasteiger partial charge in [-0.15, -0.1) is 0 Å². The molecule has 0 heterocycles. The van der Waals surface area contributed by atoms with Crippen LogP contribution in [0, 0.1) is 23.0 Å². The van der Waals surface area contributed by atoms with E-state index in [2.05, 4.69) is 0 Å². The second-order valence-corrected chi connectivity index (χ2v) is 6.98. The average Bonchev–Trinajstić information content (AvgIpc) is 3.03. The van der Waals surface area contributed by atoms with Crippen LogP contribution in [-0.4, -0.2) is 28.4 Å². The summed E-state index contributed by atoms with van der Waals surface area (Å²) in [7, 11) is 0. The first-order valence-electron chi connectivity index (χ1n) is 8.36. The first-order chi connectivity index (χ1) is 11.4. The minimum absolute atomic E-state index is 0.0425. The van der Waals surface area contributed by atoms with Crippen molar-refractivity contribution in [3.05, 3.63) is 35.4 Å². The van der Waals surface area contributed by atoms with Gasteiger partial charge in [0.2, 0.25) is 5.91 Å². The fourth-order valence-electron chi connectivity index (χ4n) is 3.91. The summed E-state index contributed by atoms with van der Waals surface area (Å²) >= 11 is 0. The number of nitrogens with zero attached hydrogens (tertiary/aromatic N) is 1. The van der Waals surface area contributed by atoms with Crippen molar-refractivity contribution < 1.29 is 23.5 Å². The van der Waals surface area contributed by atoms with Crippen molar-refractivity contribution in [1.29, 1.82) is 0 Å². The molecule has 1 atom stereocenters. The Hall–Kier alpha value is -1.98. The van der Waals surface area contributed by atoms with Crippen LogP contribution in [0.25, 0.3) is 0 Å².